The van der Waals surface area contributed by atoms with Gasteiger partial charge in [-0.15, -0.1) is 0 Å². The van der Waals surface area contributed by atoms with Crippen LogP contribution in [0.25, 0.3) is 0 Å². The first-order valence-corrected chi connectivity index (χ1v) is 7.71. The van der Waals surface area contributed by atoms with Gasteiger partial charge in [0.15, 0.2) is 0 Å². The first kappa shape index (κ1) is 15.3. The third-order valence-corrected chi connectivity index (χ3v) is 4.33. The van der Waals surface area contributed by atoms with Crippen LogP contribution in [0.5, 0.6) is 0 Å². The summed E-state index contributed by atoms with van der Waals surface area (Å²) in [5.41, 5.74) is 4.57. The lowest BCUT2D eigenvalue weighted by molar-refractivity contribution is 0.489. The minimum absolute atomic E-state index is 0.705. The van der Waals surface area contributed by atoms with Gasteiger partial charge in [-0.1, -0.05) is 65.2 Å². The summed E-state index contributed by atoms with van der Waals surface area (Å²) >= 11 is 0. The second kappa shape index (κ2) is 7.61. The van der Waals surface area contributed by atoms with Crippen molar-refractivity contribution in [3.8, 4) is 0 Å². The fourth-order valence-corrected chi connectivity index (χ4v) is 2.71. The van der Waals surface area contributed by atoms with E-state index in [1.807, 2.05) is 0 Å². The van der Waals surface area contributed by atoms with Gasteiger partial charge in [0.1, 0.15) is 0 Å². The van der Waals surface area contributed by atoms with Crippen LogP contribution >= 0.6 is 0 Å². The van der Waals surface area contributed by atoms with E-state index in [0.29, 0.717) is 5.92 Å². The molecule has 0 saturated heterocycles. The molecule has 0 heterocycles. The Labute approximate surface area is 114 Å². The molecule has 0 nitrogen and oxygen atoms in total. The first-order valence-electron chi connectivity index (χ1n) is 7.71. The van der Waals surface area contributed by atoms with E-state index in [4.69, 9.17) is 0 Å². The molecule has 1 aromatic carbocycles. The lowest BCUT2D eigenvalue weighted by Crippen LogP contribution is -2.04. The van der Waals surface area contributed by atoms with E-state index < -0.39 is 0 Å². The predicted octanol–water partition coefficient (Wildman–Crippen LogP) is 5.88. The van der Waals surface area contributed by atoms with Crippen molar-refractivity contribution >= 4 is 0 Å². The van der Waals surface area contributed by atoms with Crippen LogP contribution in [-0.4, -0.2) is 0 Å². The topological polar surface area (TPSA) is 0 Å². The largest absolute Gasteiger partial charge is 0.0654 e. The molecule has 1 rings (SSSR count). The Morgan fingerprint density at radius 1 is 1.06 bits per heavy atom. The van der Waals surface area contributed by atoms with Crippen molar-refractivity contribution in [3.63, 3.8) is 0 Å². The highest BCUT2D eigenvalue weighted by Gasteiger charge is 2.10. The number of hydrogen-bond donors (Lipinski definition) is 0. The molecule has 1 atom stereocenters. The normalized spacial score (nSPS) is 13.0. The van der Waals surface area contributed by atoms with Gasteiger partial charge in [0.2, 0.25) is 0 Å². The molecular formula is C18H30. The maximum atomic E-state index is 2.47. The van der Waals surface area contributed by atoms with Crippen molar-refractivity contribution < 1.29 is 0 Å². The second-order valence-electron chi connectivity index (χ2n) is 5.76. The average molecular weight is 246 g/mol. The van der Waals surface area contributed by atoms with Crippen molar-refractivity contribution in [2.24, 2.45) is 5.92 Å². The first-order chi connectivity index (χ1) is 8.62. The molecule has 1 aromatic rings. The summed E-state index contributed by atoms with van der Waals surface area (Å²) in [5.74, 6) is 1.55. The predicted molar refractivity (Wildman–Crippen MR) is 82.3 cm³/mol. The Morgan fingerprint density at radius 3 is 2.28 bits per heavy atom. The van der Waals surface area contributed by atoms with Gasteiger partial charge in [-0.2, -0.15) is 0 Å². The highest BCUT2D eigenvalue weighted by atomic mass is 14.2. The summed E-state index contributed by atoms with van der Waals surface area (Å²) in [5, 5.41) is 0. The summed E-state index contributed by atoms with van der Waals surface area (Å²) in [7, 11) is 0. The maximum absolute atomic E-state index is 2.47. The Kier molecular flexibility index (Phi) is 6.46. The lowest BCUT2D eigenvalue weighted by atomic mass is 9.88. The fourth-order valence-electron chi connectivity index (χ4n) is 2.71. The van der Waals surface area contributed by atoms with Crippen molar-refractivity contribution in [3.05, 3.63) is 34.9 Å². The number of benzene rings is 1. The van der Waals surface area contributed by atoms with Gasteiger partial charge < -0.3 is 0 Å². The fraction of sp³-hybridized carbons (Fsp3) is 0.667. The highest BCUT2D eigenvalue weighted by molar-refractivity contribution is 5.33. The van der Waals surface area contributed by atoms with Gasteiger partial charge in [0.25, 0.3) is 0 Å². The summed E-state index contributed by atoms with van der Waals surface area (Å²) in [6, 6.07) is 7.11. The zero-order chi connectivity index (χ0) is 13.5. The molecule has 0 aliphatic carbocycles. The molecule has 0 saturated carbocycles. The van der Waals surface area contributed by atoms with E-state index in [1.54, 1.807) is 5.56 Å². The van der Waals surface area contributed by atoms with E-state index in [9.17, 15) is 0 Å². The third kappa shape index (κ3) is 4.15. The lowest BCUT2D eigenvalue weighted by Gasteiger charge is -2.17. The Balaban J connectivity index is 2.86. The third-order valence-electron chi connectivity index (χ3n) is 4.33. The van der Waals surface area contributed by atoms with Gasteiger partial charge in [0.05, 0.1) is 0 Å². The molecule has 0 aromatic heterocycles. The van der Waals surface area contributed by atoms with Crippen molar-refractivity contribution in [2.75, 3.05) is 0 Å². The molecular weight excluding hydrogens is 216 g/mol. The monoisotopic (exact) mass is 246 g/mol. The van der Waals surface area contributed by atoms with Crippen LogP contribution in [0.1, 0.15) is 76.0 Å². The van der Waals surface area contributed by atoms with Crippen LogP contribution < -0.4 is 0 Å². The molecule has 0 bridgehead atoms. The molecule has 0 N–H and O–H groups in total. The molecule has 102 valence electrons. The summed E-state index contributed by atoms with van der Waals surface area (Å²) in [6.45, 7) is 11.5. The molecule has 0 spiro atoms. The van der Waals surface area contributed by atoms with Crippen LogP contribution in [0.3, 0.4) is 0 Å². The highest BCUT2D eigenvalue weighted by Crippen LogP contribution is 2.25. The summed E-state index contributed by atoms with van der Waals surface area (Å²) < 4.78 is 0. The van der Waals surface area contributed by atoms with Crippen molar-refractivity contribution in [1.29, 1.82) is 0 Å². The number of rotatable bonds is 7. The molecule has 0 fully saturated rings. The van der Waals surface area contributed by atoms with Gasteiger partial charge >= 0.3 is 0 Å². The average Bonchev–Trinajstić information content (AvgIpc) is 2.38. The van der Waals surface area contributed by atoms with E-state index >= 15 is 0 Å². The zero-order valence-electron chi connectivity index (χ0n) is 12.9. The zero-order valence-corrected chi connectivity index (χ0v) is 12.9. The minimum Gasteiger partial charge on any atom is -0.0654 e. The molecule has 18 heavy (non-hydrogen) atoms. The quantitative estimate of drug-likeness (QED) is 0.564. The smallest absolute Gasteiger partial charge is 0.0190 e. The maximum Gasteiger partial charge on any atom is -0.0190 e. The summed E-state index contributed by atoms with van der Waals surface area (Å²) in [4.78, 5) is 0. The molecule has 1 unspecified atom stereocenters. The van der Waals surface area contributed by atoms with Crippen LogP contribution in [0.2, 0.25) is 0 Å². The van der Waals surface area contributed by atoms with Crippen LogP contribution in [0.15, 0.2) is 18.2 Å². The molecule has 0 amide bonds. The standard InChI is InChI=1S/C18H30/c1-6-9-14(4)17-11-10-15(5)18(13-17)12-16(7-2)8-3/h10-11,13-14,16H,6-9,12H2,1-5H3. The van der Waals surface area contributed by atoms with Crippen molar-refractivity contribution in [2.45, 2.75) is 72.6 Å². The van der Waals surface area contributed by atoms with Gasteiger partial charge in [0, 0.05) is 0 Å². The Hall–Kier alpha value is -0.780. The molecule has 0 heteroatoms. The van der Waals surface area contributed by atoms with E-state index in [-0.39, 0.29) is 0 Å². The second-order valence-corrected chi connectivity index (χ2v) is 5.76. The number of hydrogen-bond acceptors (Lipinski definition) is 0. The van der Waals surface area contributed by atoms with E-state index in [1.165, 1.54) is 43.2 Å². The van der Waals surface area contributed by atoms with Gasteiger partial charge in [-0.3, -0.25) is 0 Å². The van der Waals surface area contributed by atoms with Crippen LogP contribution in [0.4, 0.5) is 0 Å². The number of aryl methyl sites for hydroxylation is 1. The minimum atomic E-state index is 0.705. The molecule has 0 radical (unpaired) electrons. The molecule has 0 aliphatic rings. The van der Waals surface area contributed by atoms with Gasteiger partial charge in [-0.05, 0) is 48.3 Å². The molecule has 0 aliphatic heterocycles. The van der Waals surface area contributed by atoms with Crippen LogP contribution in [0, 0.1) is 12.8 Å². The van der Waals surface area contributed by atoms with E-state index in [2.05, 4.69) is 52.8 Å². The van der Waals surface area contributed by atoms with Crippen molar-refractivity contribution in [1.82, 2.24) is 0 Å². The Bertz CT molecular complexity index is 347. The Morgan fingerprint density at radius 2 is 1.72 bits per heavy atom. The van der Waals surface area contributed by atoms with Gasteiger partial charge in [-0.25, -0.2) is 0 Å². The van der Waals surface area contributed by atoms with Crippen LogP contribution in [-0.2, 0) is 6.42 Å². The SMILES string of the molecule is CCCC(C)c1ccc(C)c(CC(CC)CC)c1. The van der Waals surface area contributed by atoms with E-state index in [0.717, 1.165) is 5.92 Å². The summed E-state index contributed by atoms with van der Waals surface area (Å²) in [6.07, 6.45) is 6.42.